The largest absolute Gasteiger partial charge is 0.324 e. The molecule has 31 heavy (non-hydrogen) atoms. The molecule has 0 radical (unpaired) electrons. The Hall–Kier alpha value is -3.74. The Morgan fingerprint density at radius 3 is 2.32 bits per heavy atom. The maximum atomic E-state index is 13.5. The Morgan fingerprint density at radius 2 is 1.61 bits per heavy atom. The van der Waals surface area contributed by atoms with Gasteiger partial charge in [-0.25, -0.2) is 13.6 Å². The minimum Gasteiger partial charge on any atom is -0.322 e. The van der Waals surface area contributed by atoms with Crippen molar-refractivity contribution >= 4 is 23.3 Å². The van der Waals surface area contributed by atoms with Crippen molar-refractivity contribution in [1.82, 2.24) is 4.90 Å². The van der Waals surface area contributed by atoms with Crippen LogP contribution in [0.25, 0.3) is 0 Å². The summed E-state index contributed by atoms with van der Waals surface area (Å²) in [7, 11) is 0. The van der Waals surface area contributed by atoms with Crippen LogP contribution in [0.5, 0.6) is 0 Å². The number of carbonyl (C=O) groups is 2. The molecule has 3 aromatic carbocycles. The van der Waals surface area contributed by atoms with E-state index >= 15 is 0 Å². The number of amides is 3. The standard InChI is InChI=1S/C24H21F2N3O2/c25-19-6-1-4-17(14-19)16-28-12-3-13-29(24(28)31)22-10-8-21(9-11-22)27-23(30)18-5-2-7-20(26)15-18/h1-2,4-11,14-15H,3,12-13,16H2,(H,27,30). The lowest BCUT2D eigenvalue weighted by molar-refractivity contribution is 0.102. The lowest BCUT2D eigenvalue weighted by Gasteiger charge is -2.35. The normalized spacial score (nSPS) is 13.9. The molecule has 0 saturated carbocycles. The lowest BCUT2D eigenvalue weighted by atomic mass is 10.1. The molecule has 3 aromatic rings. The number of halogens is 2. The molecule has 1 saturated heterocycles. The highest BCUT2D eigenvalue weighted by atomic mass is 19.1. The van der Waals surface area contributed by atoms with Crippen molar-refractivity contribution in [2.24, 2.45) is 0 Å². The van der Waals surface area contributed by atoms with E-state index < -0.39 is 11.7 Å². The van der Waals surface area contributed by atoms with Crippen LogP contribution in [0.2, 0.25) is 0 Å². The van der Waals surface area contributed by atoms with Gasteiger partial charge in [0.15, 0.2) is 0 Å². The second-order valence-electron chi connectivity index (χ2n) is 7.35. The number of hydrogen-bond donors (Lipinski definition) is 1. The molecular formula is C24H21F2N3O2. The summed E-state index contributed by atoms with van der Waals surface area (Å²) in [6.45, 7) is 1.52. The van der Waals surface area contributed by atoms with E-state index in [2.05, 4.69) is 5.32 Å². The molecule has 1 heterocycles. The Bertz CT molecular complexity index is 1100. The van der Waals surface area contributed by atoms with Crippen LogP contribution in [0.1, 0.15) is 22.3 Å². The maximum Gasteiger partial charge on any atom is 0.324 e. The first kappa shape index (κ1) is 20.5. The van der Waals surface area contributed by atoms with Crippen LogP contribution in [-0.2, 0) is 6.54 Å². The van der Waals surface area contributed by atoms with Gasteiger partial charge in [-0.1, -0.05) is 18.2 Å². The van der Waals surface area contributed by atoms with Crippen LogP contribution in [0.15, 0.2) is 72.8 Å². The molecule has 3 amide bonds. The second kappa shape index (κ2) is 8.95. The van der Waals surface area contributed by atoms with Gasteiger partial charge in [-0.15, -0.1) is 0 Å². The number of nitrogens with one attached hydrogen (secondary N) is 1. The van der Waals surface area contributed by atoms with E-state index in [1.165, 1.54) is 36.4 Å². The minimum absolute atomic E-state index is 0.146. The highest BCUT2D eigenvalue weighted by Gasteiger charge is 2.26. The third-order valence-corrected chi connectivity index (χ3v) is 5.10. The van der Waals surface area contributed by atoms with Crippen LogP contribution in [0.3, 0.4) is 0 Å². The Balaban J connectivity index is 1.43. The highest BCUT2D eigenvalue weighted by Crippen LogP contribution is 2.24. The van der Waals surface area contributed by atoms with Gasteiger partial charge in [-0.2, -0.15) is 0 Å². The highest BCUT2D eigenvalue weighted by molar-refractivity contribution is 6.04. The van der Waals surface area contributed by atoms with Gasteiger partial charge in [-0.3, -0.25) is 9.69 Å². The lowest BCUT2D eigenvalue weighted by Crippen LogP contribution is -2.49. The van der Waals surface area contributed by atoms with Crippen molar-refractivity contribution in [1.29, 1.82) is 0 Å². The number of rotatable bonds is 5. The number of urea groups is 1. The number of nitrogens with zero attached hydrogens (tertiary/aromatic N) is 2. The van der Waals surface area contributed by atoms with Crippen molar-refractivity contribution in [2.75, 3.05) is 23.3 Å². The summed E-state index contributed by atoms with van der Waals surface area (Å²) >= 11 is 0. The van der Waals surface area contributed by atoms with Gasteiger partial charge in [0.25, 0.3) is 5.91 Å². The Kier molecular flexibility index (Phi) is 5.93. The van der Waals surface area contributed by atoms with Crippen molar-refractivity contribution in [2.45, 2.75) is 13.0 Å². The molecule has 0 bridgehead atoms. The number of carbonyl (C=O) groups excluding carboxylic acids is 2. The van der Waals surface area contributed by atoms with E-state index in [9.17, 15) is 18.4 Å². The molecule has 0 spiro atoms. The molecule has 1 N–H and O–H groups in total. The third-order valence-electron chi connectivity index (χ3n) is 5.10. The van der Waals surface area contributed by atoms with Gasteiger partial charge < -0.3 is 10.2 Å². The van der Waals surface area contributed by atoms with Gasteiger partial charge >= 0.3 is 6.03 Å². The molecule has 4 rings (SSSR count). The molecule has 0 aromatic heterocycles. The molecule has 7 heteroatoms. The molecule has 0 unspecified atom stereocenters. The average molecular weight is 421 g/mol. The zero-order chi connectivity index (χ0) is 21.8. The van der Waals surface area contributed by atoms with E-state index in [1.54, 1.807) is 46.2 Å². The van der Waals surface area contributed by atoms with Crippen LogP contribution in [0.4, 0.5) is 25.0 Å². The zero-order valence-corrected chi connectivity index (χ0v) is 16.7. The van der Waals surface area contributed by atoms with E-state index in [4.69, 9.17) is 0 Å². The summed E-state index contributed by atoms with van der Waals surface area (Å²) in [5.41, 5.74) is 2.21. The van der Waals surface area contributed by atoms with E-state index in [0.29, 0.717) is 31.0 Å². The monoisotopic (exact) mass is 421 g/mol. The summed E-state index contributed by atoms with van der Waals surface area (Å²) in [5, 5.41) is 2.72. The van der Waals surface area contributed by atoms with Gasteiger partial charge in [-0.05, 0) is 66.6 Å². The Morgan fingerprint density at radius 1 is 0.903 bits per heavy atom. The third kappa shape index (κ3) is 4.88. The molecule has 0 atom stereocenters. The average Bonchev–Trinajstić information content (AvgIpc) is 2.76. The number of anilines is 2. The predicted octanol–water partition coefficient (Wildman–Crippen LogP) is 5.05. The molecular weight excluding hydrogens is 400 g/mol. The molecule has 0 aliphatic carbocycles. The second-order valence-corrected chi connectivity index (χ2v) is 7.35. The maximum absolute atomic E-state index is 13.5. The fraction of sp³-hybridized carbons (Fsp3) is 0.167. The first-order valence-corrected chi connectivity index (χ1v) is 9.97. The number of hydrogen-bond acceptors (Lipinski definition) is 2. The zero-order valence-electron chi connectivity index (χ0n) is 16.7. The SMILES string of the molecule is O=C(Nc1ccc(N2CCCN(Cc3cccc(F)c3)C2=O)cc1)c1cccc(F)c1. The summed E-state index contributed by atoms with van der Waals surface area (Å²) < 4.78 is 26.8. The van der Waals surface area contributed by atoms with E-state index in [-0.39, 0.29) is 17.4 Å². The van der Waals surface area contributed by atoms with Crippen molar-refractivity contribution in [3.05, 3.63) is 95.6 Å². The van der Waals surface area contributed by atoms with Crippen molar-refractivity contribution in [3.8, 4) is 0 Å². The molecule has 1 aliphatic rings. The fourth-order valence-corrected chi connectivity index (χ4v) is 3.58. The first-order valence-electron chi connectivity index (χ1n) is 9.97. The number of benzene rings is 3. The van der Waals surface area contributed by atoms with Crippen molar-refractivity contribution < 1.29 is 18.4 Å². The summed E-state index contributed by atoms with van der Waals surface area (Å²) in [6, 6.07) is 18.5. The van der Waals surface area contributed by atoms with Crippen LogP contribution < -0.4 is 10.2 Å². The summed E-state index contributed by atoms with van der Waals surface area (Å²) in [5.74, 6) is -1.22. The van der Waals surface area contributed by atoms with Crippen LogP contribution in [-0.4, -0.2) is 29.9 Å². The summed E-state index contributed by atoms with van der Waals surface area (Å²) in [4.78, 5) is 28.6. The quantitative estimate of drug-likeness (QED) is 0.627. The van der Waals surface area contributed by atoms with Gasteiger partial charge in [0.05, 0.1) is 0 Å². The van der Waals surface area contributed by atoms with Gasteiger partial charge in [0.1, 0.15) is 11.6 Å². The molecule has 158 valence electrons. The molecule has 1 fully saturated rings. The van der Waals surface area contributed by atoms with Gasteiger partial charge in [0.2, 0.25) is 0 Å². The fourth-order valence-electron chi connectivity index (χ4n) is 3.58. The van der Waals surface area contributed by atoms with Gasteiger partial charge in [0, 0.05) is 36.6 Å². The van der Waals surface area contributed by atoms with Crippen LogP contribution >= 0.6 is 0 Å². The first-order chi connectivity index (χ1) is 15.0. The smallest absolute Gasteiger partial charge is 0.322 e. The molecule has 1 aliphatic heterocycles. The summed E-state index contributed by atoms with van der Waals surface area (Å²) in [6.07, 6.45) is 0.791. The van der Waals surface area contributed by atoms with E-state index in [0.717, 1.165) is 12.0 Å². The topological polar surface area (TPSA) is 52.7 Å². The Labute approximate surface area is 178 Å². The minimum atomic E-state index is -0.477. The molecule has 5 nitrogen and oxygen atoms in total. The predicted molar refractivity (Wildman–Crippen MR) is 115 cm³/mol. The van der Waals surface area contributed by atoms with Crippen LogP contribution in [0, 0.1) is 11.6 Å². The van der Waals surface area contributed by atoms with E-state index in [1.807, 2.05) is 0 Å². The van der Waals surface area contributed by atoms with Crippen molar-refractivity contribution in [3.63, 3.8) is 0 Å².